The summed E-state index contributed by atoms with van der Waals surface area (Å²) in [5.41, 5.74) is 1.15. The van der Waals surface area contributed by atoms with Crippen molar-refractivity contribution in [2.45, 2.75) is 39.0 Å². The van der Waals surface area contributed by atoms with E-state index in [0.29, 0.717) is 17.7 Å². The number of carboxylic acid groups (broad SMARTS) is 1. The maximum absolute atomic E-state index is 12.6. The van der Waals surface area contributed by atoms with E-state index in [1.807, 2.05) is 13.8 Å². The highest BCUT2D eigenvalue weighted by Gasteiger charge is 2.25. The number of hydrogen-bond donors (Lipinski definition) is 1. The molecule has 0 amide bonds. The van der Waals surface area contributed by atoms with Gasteiger partial charge in [0.1, 0.15) is 0 Å². The van der Waals surface area contributed by atoms with E-state index in [2.05, 4.69) is 0 Å². The molecule has 0 heterocycles. The number of hydrogen-bond acceptors (Lipinski definition) is 3. The predicted octanol–water partition coefficient (Wildman–Crippen LogP) is 2.67. The number of nitrogens with zero attached hydrogens (tertiary/aromatic N) is 1. The number of aromatic carboxylic acids is 1. The molecule has 1 N–H and O–H groups in total. The molecular weight excluding hydrogens is 290 g/mol. The molecule has 1 aromatic rings. The van der Waals surface area contributed by atoms with Crippen molar-refractivity contribution < 1.29 is 18.3 Å². The maximum Gasteiger partial charge on any atom is 0.335 e. The molecule has 5 nitrogen and oxygen atoms in total. The molecule has 0 radical (unpaired) electrons. The minimum atomic E-state index is -3.68. The number of benzene rings is 1. The van der Waals surface area contributed by atoms with Crippen LogP contribution in [0.1, 0.15) is 41.8 Å². The van der Waals surface area contributed by atoms with Gasteiger partial charge in [0.25, 0.3) is 0 Å². The molecule has 0 fully saturated rings. The Kier molecular flexibility index (Phi) is 5.53. The summed E-state index contributed by atoms with van der Waals surface area (Å²) < 4.78 is 26.5. The third kappa shape index (κ3) is 3.83. The third-order valence-electron chi connectivity index (χ3n) is 3.71. The summed E-state index contributed by atoms with van der Waals surface area (Å²) >= 11 is 0. The summed E-state index contributed by atoms with van der Waals surface area (Å²) in [5.74, 6) is -0.872. The quantitative estimate of drug-likeness (QED) is 0.876. The molecule has 6 heteroatoms. The largest absolute Gasteiger partial charge is 0.478 e. The van der Waals surface area contributed by atoms with Gasteiger partial charge >= 0.3 is 5.97 Å². The Labute approximate surface area is 126 Å². The lowest BCUT2D eigenvalue weighted by Gasteiger charge is -2.22. The SMILES string of the molecule is CCC(C)CN(C)S(=O)(=O)c1cc(C(=O)O)c(C)cc1C. The Morgan fingerprint density at radius 3 is 2.33 bits per heavy atom. The monoisotopic (exact) mass is 313 g/mol. The third-order valence-corrected chi connectivity index (χ3v) is 5.67. The van der Waals surface area contributed by atoms with Crippen LogP contribution in [0, 0.1) is 19.8 Å². The number of rotatable bonds is 6. The summed E-state index contributed by atoms with van der Waals surface area (Å²) in [5, 5.41) is 9.16. The molecule has 1 rings (SSSR count). The first-order valence-corrected chi connectivity index (χ1v) is 8.36. The number of aryl methyl sites for hydroxylation is 2. The maximum atomic E-state index is 12.6. The molecule has 0 saturated carbocycles. The van der Waals surface area contributed by atoms with Crippen molar-refractivity contribution >= 4 is 16.0 Å². The van der Waals surface area contributed by atoms with Crippen molar-refractivity contribution in [3.63, 3.8) is 0 Å². The van der Waals surface area contributed by atoms with Crippen LogP contribution in [-0.4, -0.2) is 37.4 Å². The summed E-state index contributed by atoms with van der Waals surface area (Å²) in [6.07, 6.45) is 0.882. The van der Waals surface area contributed by atoms with Gasteiger partial charge in [-0.05, 0) is 37.0 Å². The van der Waals surface area contributed by atoms with Gasteiger partial charge in [0.2, 0.25) is 10.0 Å². The molecule has 0 aliphatic heterocycles. The van der Waals surface area contributed by atoms with E-state index in [-0.39, 0.29) is 16.4 Å². The van der Waals surface area contributed by atoms with Crippen LogP contribution in [0.4, 0.5) is 0 Å². The summed E-state index contributed by atoms with van der Waals surface area (Å²) in [4.78, 5) is 11.3. The molecule has 0 bridgehead atoms. The first kappa shape index (κ1) is 17.7. The molecule has 1 aromatic carbocycles. The van der Waals surface area contributed by atoms with E-state index in [9.17, 15) is 13.2 Å². The zero-order valence-corrected chi connectivity index (χ0v) is 14.0. The van der Waals surface area contributed by atoms with E-state index >= 15 is 0 Å². The number of sulfonamides is 1. The van der Waals surface area contributed by atoms with Gasteiger partial charge in [-0.1, -0.05) is 26.3 Å². The van der Waals surface area contributed by atoms with Crippen LogP contribution in [0.5, 0.6) is 0 Å². The fraction of sp³-hybridized carbons (Fsp3) is 0.533. The Morgan fingerprint density at radius 1 is 1.29 bits per heavy atom. The highest BCUT2D eigenvalue weighted by atomic mass is 32.2. The van der Waals surface area contributed by atoms with Crippen molar-refractivity contribution in [1.29, 1.82) is 0 Å². The van der Waals surface area contributed by atoms with Gasteiger partial charge in [0.05, 0.1) is 10.5 Å². The van der Waals surface area contributed by atoms with Crippen LogP contribution < -0.4 is 0 Å². The average molecular weight is 313 g/mol. The molecular formula is C15H23NO4S. The van der Waals surface area contributed by atoms with Crippen LogP contribution in [0.15, 0.2) is 17.0 Å². The first-order valence-electron chi connectivity index (χ1n) is 6.92. The lowest BCUT2D eigenvalue weighted by Crippen LogP contribution is -2.31. The molecule has 21 heavy (non-hydrogen) atoms. The minimum Gasteiger partial charge on any atom is -0.478 e. The van der Waals surface area contributed by atoms with Crippen LogP contribution in [0.25, 0.3) is 0 Å². The molecule has 0 aliphatic rings. The van der Waals surface area contributed by atoms with Crippen molar-refractivity contribution in [2.24, 2.45) is 5.92 Å². The van der Waals surface area contributed by atoms with E-state index < -0.39 is 16.0 Å². The second-order valence-corrected chi connectivity index (χ2v) is 7.55. The topological polar surface area (TPSA) is 74.7 Å². The first-order chi connectivity index (χ1) is 9.61. The molecule has 0 aromatic heterocycles. The second kappa shape index (κ2) is 6.58. The average Bonchev–Trinajstić information content (AvgIpc) is 2.37. The Balaban J connectivity index is 3.31. The zero-order valence-electron chi connectivity index (χ0n) is 13.2. The number of carboxylic acids is 1. The minimum absolute atomic E-state index is 0.0242. The van der Waals surface area contributed by atoms with E-state index in [1.54, 1.807) is 19.9 Å². The summed E-state index contributed by atoms with van der Waals surface area (Å²) in [7, 11) is -2.15. The molecule has 0 aliphatic carbocycles. The van der Waals surface area contributed by atoms with Crippen molar-refractivity contribution in [2.75, 3.05) is 13.6 Å². The molecule has 1 unspecified atom stereocenters. The Morgan fingerprint density at radius 2 is 1.86 bits per heavy atom. The van der Waals surface area contributed by atoms with E-state index in [4.69, 9.17) is 5.11 Å². The highest BCUT2D eigenvalue weighted by molar-refractivity contribution is 7.89. The van der Waals surface area contributed by atoms with Gasteiger partial charge in [0.15, 0.2) is 0 Å². The molecule has 118 valence electrons. The lowest BCUT2D eigenvalue weighted by atomic mass is 10.1. The smallest absolute Gasteiger partial charge is 0.335 e. The lowest BCUT2D eigenvalue weighted by molar-refractivity contribution is 0.0696. The summed E-state index contributed by atoms with van der Waals surface area (Å²) in [6, 6.07) is 2.86. The fourth-order valence-electron chi connectivity index (χ4n) is 2.17. The molecule has 0 saturated heterocycles. The Hall–Kier alpha value is -1.40. The van der Waals surface area contributed by atoms with E-state index in [1.165, 1.54) is 17.4 Å². The zero-order chi connectivity index (χ0) is 16.4. The highest BCUT2D eigenvalue weighted by Crippen LogP contribution is 2.24. The normalized spacial score (nSPS) is 13.4. The second-order valence-electron chi connectivity index (χ2n) is 5.54. The van der Waals surface area contributed by atoms with Gasteiger partial charge < -0.3 is 5.11 Å². The predicted molar refractivity (Wildman–Crippen MR) is 82.1 cm³/mol. The van der Waals surface area contributed by atoms with E-state index in [0.717, 1.165) is 6.42 Å². The standard InChI is InChI=1S/C15H23NO4S/c1-6-10(2)9-16(5)21(19,20)14-8-13(15(17)18)11(3)7-12(14)4/h7-8,10H,6,9H2,1-5H3,(H,17,18). The van der Waals surface area contributed by atoms with Gasteiger partial charge in [-0.15, -0.1) is 0 Å². The number of carbonyl (C=O) groups is 1. The molecule has 1 atom stereocenters. The summed E-state index contributed by atoms with van der Waals surface area (Å²) in [6.45, 7) is 7.74. The van der Waals surface area contributed by atoms with Crippen LogP contribution in [0.2, 0.25) is 0 Å². The van der Waals surface area contributed by atoms with Crippen molar-refractivity contribution in [3.8, 4) is 0 Å². The van der Waals surface area contributed by atoms with Crippen molar-refractivity contribution in [3.05, 3.63) is 28.8 Å². The molecule has 0 spiro atoms. The fourth-order valence-corrected chi connectivity index (χ4v) is 3.69. The van der Waals surface area contributed by atoms with Gasteiger partial charge in [-0.25, -0.2) is 17.5 Å². The van der Waals surface area contributed by atoms with Gasteiger partial charge in [-0.2, -0.15) is 0 Å². The van der Waals surface area contributed by atoms with Gasteiger partial charge in [0, 0.05) is 13.6 Å². The van der Waals surface area contributed by atoms with Crippen molar-refractivity contribution in [1.82, 2.24) is 4.31 Å². The van der Waals surface area contributed by atoms with Gasteiger partial charge in [-0.3, -0.25) is 0 Å². The Bertz CT molecular complexity index is 637. The van der Waals surface area contributed by atoms with Crippen LogP contribution in [0.3, 0.4) is 0 Å². The van der Waals surface area contributed by atoms with Crippen LogP contribution in [-0.2, 0) is 10.0 Å². The van der Waals surface area contributed by atoms with Crippen LogP contribution >= 0.6 is 0 Å².